The number of alkyl halides is 1. The Morgan fingerprint density at radius 1 is 1.20 bits per heavy atom. The summed E-state index contributed by atoms with van der Waals surface area (Å²) < 4.78 is 6.15. The molecule has 15 heavy (non-hydrogen) atoms. The zero-order chi connectivity index (χ0) is 10.3. The monoisotopic (exact) mass is 318 g/mol. The molecule has 0 aromatic rings. The summed E-state index contributed by atoms with van der Waals surface area (Å²) in [6.07, 6.45) is 7.92. The van der Waals surface area contributed by atoms with Crippen LogP contribution >= 0.6 is 22.6 Å². The lowest BCUT2D eigenvalue weighted by Crippen LogP contribution is -2.40. The zero-order valence-electron chi connectivity index (χ0n) is 8.67. The van der Waals surface area contributed by atoms with E-state index in [9.17, 15) is 4.79 Å². The Labute approximate surface area is 103 Å². The molecule has 0 unspecified atom stereocenters. The highest BCUT2D eigenvalue weighted by molar-refractivity contribution is 14.1. The average Bonchev–Trinajstić information content (AvgIpc) is 2.83. The molecule has 0 radical (unpaired) electrons. The predicted molar refractivity (Wildman–Crippen MR) is 63.7 cm³/mol. The van der Waals surface area contributed by atoms with Crippen molar-refractivity contribution in [2.24, 2.45) is 16.7 Å². The van der Waals surface area contributed by atoms with E-state index in [1.54, 1.807) is 0 Å². The van der Waals surface area contributed by atoms with Crippen LogP contribution in [-0.2, 0) is 9.53 Å². The largest absolute Gasteiger partial charge is 0.461 e. The summed E-state index contributed by atoms with van der Waals surface area (Å²) >= 11 is 2.50. The first kappa shape index (κ1) is 9.25. The summed E-state index contributed by atoms with van der Waals surface area (Å²) in [5.41, 5.74) is 0.800. The number of carbonyl (C=O) groups excluding carboxylic acids is 1. The molecule has 0 amide bonds. The van der Waals surface area contributed by atoms with E-state index in [-0.39, 0.29) is 12.1 Å². The summed E-state index contributed by atoms with van der Waals surface area (Å²) in [5, 5.41) is 0. The van der Waals surface area contributed by atoms with Gasteiger partial charge in [0.05, 0.1) is 5.92 Å². The van der Waals surface area contributed by atoms with Crippen LogP contribution in [0, 0.1) is 16.7 Å². The second kappa shape index (κ2) is 2.54. The highest BCUT2D eigenvalue weighted by Gasteiger charge is 2.83. The topological polar surface area (TPSA) is 26.3 Å². The van der Waals surface area contributed by atoms with Crippen molar-refractivity contribution in [3.05, 3.63) is 0 Å². The van der Waals surface area contributed by atoms with E-state index in [0.717, 1.165) is 0 Å². The minimum absolute atomic E-state index is 0.146. The van der Waals surface area contributed by atoms with E-state index in [0.29, 0.717) is 20.7 Å². The van der Waals surface area contributed by atoms with Crippen molar-refractivity contribution in [3.63, 3.8) is 0 Å². The second-order valence-corrected chi connectivity index (χ2v) is 7.45. The van der Waals surface area contributed by atoms with Crippen molar-refractivity contribution in [1.82, 2.24) is 0 Å². The maximum Gasteiger partial charge on any atom is 0.310 e. The Balaban J connectivity index is 1.84. The van der Waals surface area contributed by atoms with Gasteiger partial charge in [0.15, 0.2) is 0 Å². The first-order valence-electron chi connectivity index (χ1n) is 6.04. The van der Waals surface area contributed by atoms with Crippen LogP contribution in [0.5, 0.6) is 0 Å². The van der Waals surface area contributed by atoms with Crippen molar-refractivity contribution in [1.29, 1.82) is 0 Å². The van der Waals surface area contributed by atoms with Crippen molar-refractivity contribution in [2.45, 2.75) is 48.6 Å². The molecule has 3 saturated carbocycles. The van der Waals surface area contributed by atoms with Gasteiger partial charge in [-0.2, -0.15) is 0 Å². The molecule has 0 N–H and O–H groups in total. The fourth-order valence-electron chi connectivity index (χ4n) is 5.00. The van der Waals surface area contributed by atoms with Crippen LogP contribution in [0.25, 0.3) is 0 Å². The van der Waals surface area contributed by atoms with Gasteiger partial charge in [0.1, 0.15) is 6.10 Å². The maximum absolute atomic E-state index is 12.0. The van der Waals surface area contributed by atoms with Gasteiger partial charge in [-0.25, -0.2) is 0 Å². The van der Waals surface area contributed by atoms with Crippen LogP contribution in [0.1, 0.15) is 38.5 Å². The van der Waals surface area contributed by atoms with Crippen molar-refractivity contribution in [2.75, 3.05) is 0 Å². The molecule has 1 aliphatic heterocycles. The molecule has 82 valence electrons. The first-order chi connectivity index (χ1) is 7.20. The van der Waals surface area contributed by atoms with E-state index in [1.165, 1.54) is 38.5 Å². The molecular weight excluding hydrogens is 303 g/mol. The minimum Gasteiger partial charge on any atom is -0.461 e. The lowest BCUT2D eigenvalue weighted by Gasteiger charge is -2.40. The third kappa shape index (κ3) is 0.839. The molecule has 2 nitrogen and oxygen atoms in total. The van der Waals surface area contributed by atoms with Gasteiger partial charge in [-0.05, 0) is 36.5 Å². The number of hydrogen-bond donors (Lipinski definition) is 0. The van der Waals surface area contributed by atoms with E-state index >= 15 is 0 Å². The first-order valence-corrected chi connectivity index (χ1v) is 7.29. The smallest absolute Gasteiger partial charge is 0.310 e. The van der Waals surface area contributed by atoms with Gasteiger partial charge in [-0.3, -0.25) is 4.79 Å². The number of fused-ring (bicyclic) bond motifs is 1. The molecule has 3 aliphatic carbocycles. The number of ether oxygens (including phenoxy) is 1. The molecular formula is C12H15IO2. The standard InChI is InChI=1S/C12H15IO2/c13-7-5-11-3-1-2-4-12(11)6-8(7)15-10(14)9(11)12/h7-9H,1-6H2/t7-,8-,9+,11-,12-/m0/s1. The van der Waals surface area contributed by atoms with Crippen molar-refractivity contribution < 1.29 is 9.53 Å². The maximum atomic E-state index is 12.0. The SMILES string of the molecule is O=C1O[C@H]2C[C@]34CCCC[C@]3(C[C@@H]2I)[C@@H]14. The zero-order valence-corrected chi connectivity index (χ0v) is 10.8. The normalized spacial score (nSPS) is 60.6. The van der Waals surface area contributed by atoms with Gasteiger partial charge >= 0.3 is 5.97 Å². The Morgan fingerprint density at radius 2 is 1.87 bits per heavy atom. The number of rotatable bonds is 0. The van der Waals surface area contributed by atoms with Crippen LogP contribution in [0.2, 0.25) is 0 Å². The van der Waals surface area contributed by atoms with Gasteiger partial charge in [0, 0.05) is 3.92 Å². The average molecular weight is 318 g/mol. The molecule has 4 fully saturated rings. The van der Waals surface area contributed by atoms with Gasteiger partial charge in [0.25, 0.3) is 0 Å². The lowest BCUT2D eigenvalue weighted by atomic mass is 9.70. The van der Waals surface area contributed by atoms with Gasteiger partial charge in [-0.15, -0.1) is 0 Å². The summed E-state index contributed by atoms with van der Waals surface area (Å²) in [6, 6.07) is 0. The second-order valence-electron chi connectivity index (χ2n) is 5.85. The highest BCUT2D eigenvalue weighted by Crippen LogP contribution is 2.83. The Bertz CT molecular complexity index is 356. The number of hydrogen-bond acceptors (Lipinski definition) is 2. The molecule has 4 rings (SSSR count). The van der Waals surface area contributed by atoms with Crippen LogP contribution in [0.15, 0.2) is 0 Å². The van der Waals surface area contributed by atoms with E-state index in [1.807, 2.05) is 0 Å². The van der Waals surface area contributed by atoms with Crippen LogP contribution < -0.4 is 0 Å². The van der Waals surface area contributed by atoms with Crippen LogP contribution in [-0.4, -0.2) is 16.0 Å². The third-order valence-electron chi connectivity index (χ3n) is 5.54. The fourth-order valence-corrected chi connectivity index (χ4v) is 6.19. The Hall–Kier alpha value is 0.200. The molecule has 1 heterocycles. The molecule has 3 heteroatoms. The molecule has 2 bridgehead atoms. The Morgan fingerprint density at radius 3 is 2.60 bits per heavy atom. The fraction of sp³-hybridized carbons (Fsp3) is 0.917. The lowest BCUT2D eigenvalue weighted by molar-refractivity contribution is -0.157. The summed E-state index contributed by atoms with van der Waals surface area (Å²) in [7, 11) is 0. The predicted octanol–water partition coefficient (Wildman–Crippen LogP) is 2.69. The molecule has 1 spiro atoms. The number of carbonyl (C=O) groups is 1. The minimum atomic E-state index is 0.146. The molecule has 5 atom stereocenters. The molecule has 4 aliphatic rings. The summed E-state index contributed by atoms with van der Waals surface area (Å²) in [5.74, 6) is 0.441. The molecule has 0 aromatic carbocycles. The number of halogens is 1. The summed E-state index contributed by atoms with van der Waals surface area (Å²) in [4.78, 5) is 12.0. The number of esters is 1. The molecule has 0 aromatic heterocycles. The Kier molecular flexibility index (Phi) is 1.57. The highest BCUT2D eigenvalue weighted by atomic mass is 127. The van der Waals surface area contributed by atoms with Crippen molar-refractivity contribution >= 4 is 28.6 Å². The molecule has 1 saturated heterocycles. The van der Waals surface area contributed by atoms with E-state index in [4.69, 9.17) is 4.74 Å². The van der Waals surface area contributed by atoms with Crippen LogP contribution in [0.3, 0.4) is 0 Å². The third-order valence-corrected chi connectivity index (χ3v) is 6.78. The van der Waals surface area contributed by atoms with Crippen molar-refractivity contribution in [3.8, 4) is 0 Å². The quantitative estimate of drug-likeness (QED) is 0.390. The van der Waals surface area contributed by atoms with E-state index < -0.39 is 0 Å². The van der Waals surface area contributed by atoms with E-state index in [2.05, 4.69) is 22.6 Å². The van der Waals surface area contributed by atoms with Crippen LogP contribution in [0.4, 0.5) is 0 Å². The van der Waals surface area contributed by atoms with Gasteiger partial charge in [-0.1, -0.05) is 35.4 Å². The van der Waals surface area contributed by atoms with Gasteiger partial charge in [0.2, 0.25) is 0 Å². The van der Waals surface area contributed by atoms with Gasteiger partial charge < -0.3 is 4.74 Å². The summed E-state index contributed by atoms with van der Waals surface area (Å²) in [6.45, 7) is 0.